The predicted molar refractivity (Wildman–Crippen MR) is 114 cm³/mol. The Balaban J connectivity index is 1.44. The van der Waals surface area contributed by atoms with Crippen LogP contribution in [0.25, 0.3) is 11.1 Å². The molecule has 0 fully saturated rings. The van der Waals surface area contributed by atoms with Gasteiger partial charge in [0.15, 0.2) is 0 Å². The number of carbonyl (C=O) groups excluding carboxylic acids is 2. The van der Waals surface area contributed by atoms with Crippen molar-refractivity contribution in [3.8, 4) is 16.9 Å². The van der Waals surface area contributed by atoms with E-state index in [2.05, 4.69) is 5.32 Å². The number of ether oxygens (including phenoxy) is 1. The van der Waals surface area contributed by atoms with Crippen molar-refractivity contribution in [1.29, 1.82) is 0 Å². The molecule has 0 unspecified atom stereocenters. The van der Waals surface area contributed by atoms with Crippen molar-refractivity contribution >= 4 is 11.8 Å². The molecule has 3 aromatic carbocycles. The van der Waals surface area contributed by atoms with E-state index >= 15 is 0 Å². The quantitative estimate of drug-likeness (QED) is 0.641. The molecule has 0 spiro atoms. The Bertz CT molecular complexity index is 925. The maximum atomic E-state index is 12.3. The summed E-state index contributed by atoms with van der Waals surface area (Å²) >= 11 is 0. The van der Waals surface area contributed by atoms with Crippen molar-refractivity contribution in [2.75, 3.05) is 26.7 Å². The molecule has 5 nitrogen and oxygen atoms in total. The summed E-state index contributed by atoms with van der Waals surface area (Å²) in [6, 6.07) is 26.7. The highest BCUT2D eigenvalue weighted by Gasteiger charge is 2.12. The Morgan fingerprint density at radius 1 is 0.828 bits per heavy atom. The highest BCUT2D eigenvalue weighted by atomic mass is 16.5. The van der Waals surface area contributed by atoms with Gasteiger partial charge in [0, 0.05) is 12.6 Å². The zero-order valence-electron chi connectivity index (χ0n) is 16.4. The maximum absolute atomic E-state index is 12.3. The number of benzene rings is 3. The van der Waals surface area contributed by atoms with E-state index in [-0.39, 0.29) is 18.4 Å². The summed E-state index contributed by atoms with van der Waals surface area (Å²) in [5.74, 6) is 0.323. The van der Waals surface area contributed by atoms with Gasteiger partial charge < -0.3 is 15.0 Å². The molecule has 0 radical (unpaired) electrons. The molecule has 29 heavy (non-hydrogen) atoms. The minimum absolute atomic E-state index is 0.0545. The molecule has 0 bridgehead atoms. The normalized spacial score (nSPS) is 10.2. The molecule has 3 aromatic rings. The number of nitrogens with zero attached hydrogens (tertiary/aromatic N) is 1. The van der Waals surface area contributed by atoms with E-state index in [0.717, 1.165) is 16.9 Å². The first-order valence-corrected chi connectivity index (χ1v) is 9.49. The lowest BCUT2D eigenvalue weighted by molar-refractivity contribution is -0.129. The summed E-state index contributed by atoms with van der Waals surface area (Å²) in [7, 11) is 1.69. The van der Waals surface area contributed by atoms with Crippen molar-refractivity contribution in [2.24, 2.45) is 0 Å². The van der Waals surface area contributed by atoms with Crippen LogP contribution in [0.2, 0.25) is 0 Å². The fourth-order valence-electron chi connectivity index (χ4n) is 2.78. The van der Waals surface area contributed by atoms with Gasteiger partial charge >= 0.3 is 0 Å². The Kier molecular flexibility index (Phi) is 7.00. The average molecular weight is 388 g/mol. The van der Waals surface area contributed by atoms with Crippen molar-refractivity contribution in [2.45, 2.75) is 0 Å². The van der Waals surface area contributed by atoms with Crippen LogP contribution < -0.4 is 10.1 Å². The van der Waals surface area contributed by atoms with Gasteiger partial charge in [-0.3, -0.25) is 9.59 Å². The molecular formula is C24H24N2O3. The highest BCUT2D eigenvalue weighted by molar-refractivity contribution is 5.96. The third-order valence-corrected chi connectivity index (χ3v) is 4.52. The number of nitrogens with one attached hydrogen (secondary N) is 1. The largest absolute Gasteiger partial charge is 0.492 e. The van der Waals surface area contributed by atoms with Crippen LogP contribution in [0.1, 0.15) is 10.4 Å². The van der Waals surface area contributed by atoms with Crippen molar-refractivity contribution in [3.05, 3.63) is 90.5 Å². The van der Waals surface area contributed by atoms with E-state index in [4.69, 9.17) is 4.74 Å². The SMILES string of the molecule is CN(CCOc1ccccc1)C(=O)CNC(=O)c1ccc(-c2ccccc2)cc1. The summed E-state index contributed by atoms with van der Waals surface area (Å²) in [5.41, 5.74) is 2.65. The van der Waals surface area contributed by atoms with Crippen LogP contribution in [0.3, 0.4) is 0 Å². The Morgan fingerprint density at radius 2 is 1.41 bits per heavy atom. The van der Waals surface area contributed by atoms with Crippen LogP contribution in [0.15, 0.2) is 84.9 Å². The van der Waals surface area contributed by atoms with Crippen LogP contribution in [-0.2, 0) is 4.79 Å². The molecule has 0 saturated heterocycles. The maximum Gasteiger partial charge on any atom is 0.251 e. The first kappa shape index (κ1) is 20.1. The topological polar surface area (TPSA) is 58.6 Å². The number of amides is 2. The smallest absolute Gasteiger partial charge is 0.251 e. The molecule has 148 valence electrons. The van der Waals surface area contributed by atoms with Crippen LogP contribution in [0.5, 0.6) is 5.75 Å². The predicted octanol–water partition coefficient (Wildman–Crippen LogP) is 3.62. The lowest BCUT2D eigenvalue weighted by Gasteiger charge is -2.18. The molecule has 0 saturated carbocycles. The van der Waals surface area contributed by atoms with E-state index in [1.165, 1.54) is 0 Å². The summed E-state index contributed by atoms with van der Waals surface area (Å²) in [6.07, 6.45) is 0. The third-order valence-electron chi connectivity index (χ3n) is 4.52. The summed E-state index contributed by atoms with van der Waals surface area (Å²) in [5, 5.41) is 2.68. The molecule has 0 aliphatic heterocycles. The van der Waals surface area contributed by atoms with E-state index in [9.17, 15) is 9.59 Å². The van der Waals surface area contributed by atoms with Crippen LogP contribution in [0, 0.1) is 0 Å². The Morgan fingerprint density at radius 3 is 2.07 bits per heavy atom. The summed E-state index contributed by atoms with van der Waals surface area (Å²) in [6.45, 7) is 0.775. The minimum atomic E-state index is -0.271. The van der Waals surface area contributed by atoms with Gasteiger partial charge in [-0.25, -0.2) is 0 Å². The third kappa shape index (κ3) is 5.94. The summed E-state index contributed by atoms with van der Waals surface area (Å²) in [4.78, 5) is 26.1. The van der Waals surface area contributed by atoms with Crippen molar-refractivity contribution < 1.29 is 14.3 Å². The molecular weight excluding hydrogens is 364 g/mol. The van der Waals surface area contributed by atoms with Crippen molar-refractivity contribution in [3.63, 3.8) is 0 Å². The van der Waals surface area contributed by atoms with Gasteiger partial charge in [0.25, 0.3) is 5.91 Å². The second-order valence-electron chi connectivity index (χ2n) is 6.60. The van der Waals surface area contributed by atoms with Gasteiger partial charge in [0.2, 0.25) is 5.91 Å². The monoisotopic (exact) mass is 388 g/mol. The number of hydrogen-bond acceptors (Lipinski definition) is 3. The van der Waals surface area contributed by atoms with E-state index in [1.807, 2.05) is 72.8 Å². The molecule has 0 aromatic heterocycles. The number of carbonyl (C=O) groups is 2. The van der Waals surface area contributed by atoms with Crippen LogP contribution in [0.4, 0.5) is 0 Å². The number of likely N-dealkylation sites (N-methyl/N-ethyl adjacent to an activating group) is 1. The Hall–Kier alpha value is -3.60. The molecule has 0 aliphatic carbocycles. The number of para-hydroxylation sites is 1. The van der Waals surface area contributed by atoms with Gasteiger partial charge in [-0.2, -0.15) is 0 Å². The molecule has 0 heterocycles. The number of hydrogen-bond donors (Lipinski definition) is 1. The first-order chi connectivity index (χ1) is 14.1. The molecule has 2 amide bonds. The van der Waals surface area contributed by atoms with E-state index < -0.39 is 0 Å². The first-order valence-electron chi connectivity index (χ1n) is 9.49. The zero-order chi connectivity index (χ0) is 20.5. The molecule has 0 aliphatic rings. The van der Waals surface area contributed by atoms with Gasteiger partial charge in [0.1, 0.15) is 12.4 Å². The van der Waals surface area contributed by atoms with E-state index in [0.29, 0.717) is 18.7 Å². The molecule has 5 heteroatoms. The minimum Gasteiger partial charge on any atom is -0.492 e. The second-order valence-corrected chi connectivity index (χ2v) is 6.60. The van der Waals surface area contributed by atoms with Crippen molar-refractivity contribution in [1.82, 2.24) is 10.2 Å². The van der Waals surface area contributed by atoms with Crippen LogP contribution >= 0.6 is 0 Å². The molecule has 1 N–H and O–H groups in total. The van der Waals surface area contributed by atoms with Gasteiger partial charge in [-0.15, -0.1) is 0 Å². The molecule has 3 rings (SSSR count). The zero-order valence-corrected chi connectivity index (χ0v) is 16.4. The van der Waals surface area contributed by atoms with E-state index in [1.54, 1.807) is 24.1 Å². The Labute approximate surface area is 170 Å². The molecule has 0 atom stereocenters. The van der Waals surface area contributed by atoms with Crippen LogP contribution in [-0.4, -0.2) is 43.5 Å². The lowest BCUT2D eigenvalue weighted by atomic mass is 10.0. The lowest BCUT2D eigenvalue weighted by Crippen LogP contribution is -2.39. The second kappa shape index (κ2) is 10.1. The fraction of sp³-hybridized carbons (Fsp3) is 0.167. The summed E-state index contributed by atoms with van der Waals surface area (Å²) < 4.78 is 5.59. The van der Waals surface area contributed by atoms with Gasteiger partial charge in [0.05, 0.1) is 13.1 Å². The van der Waals surface area contributed by atoms with Gasteiger partial charge in [-0.05, 0) is 35.4 Å². The van der Waals surface area contributed by atoms with Gasteiger partial charge in [-0.1, -0.05) is 60.7 Å². The standard InChI is InChI=1S/C24H24N2O3/c1-26(16-17-29-22-10-6-3-7-11-22)23(27)18-25-24(28)21-14-12-20(13-15-21)19-8-4-2-5-9-19/h2-15H,16-18H2,1H3,(H,25,28). The average Bonchev–Trinajstić information content (AvgIpc) is 2.78. The fourth-order valence-corrected chi connectivity index (χ4v) is 2.78. The highest BCUT2D eigenvalue weighted by Crippen LogP contribution is 2.19. The number of rotatable bonds is 8.